The normalized spacial score (nSPS) is 16.8. The van der Waals surface area contributed by atoms with E-state index in [0.717, 1.165) is 62.3 Å². The maximum Gasteiger partial charge on any atom is 0.290 e. The first kappa shape index (κ1) is 26.8. The number of imide groups is 2. The van der Waals surface area contributed by atoms with Crippen LogP contribution in [0.1, 0.15) is 11.1 Å². The van der Waals surface area contributed by atoms with Crippen molar-refractivity contribution in [1.82, 2.24) is 30.6 Å². The zero-order chi connectivity index (χ0) is 28.2. The Morgan fingerprint density at radius 2 is 1.27 bits per heavy atom. The number of thioether (sulfide) groups is 2. The van der Waals surface area contributed by atoms with E-state index in [4.69, 9.17) is 4.74 Å². The second-order valence-electron chi connectivity index (χ2n) is 8.11. The number of amides is 4. The minimum Gasteiger partial charge on any atom is -0.480 e. The van der Waals surface area contributed by atoms with Crippen molar-refractivity contribution in [1.29, 1.82) is 0 Å². The van der Waals surface area contributed by atoms with Crippen LogP contribution in [0.15, 0.2) is 58.9 Å². The summed E-state index contributed by atoms with van der Waals surface area (Å²) >= 11 is 1.78. The van der Waals surface area contributed by atoms with E-state index in [0.29, 0.717) is 15.7 Å². The van der Waals surface area contributed by atoms with Crippen LogP contribution >= 0.6 is 23.5 Å². The molecule has 0 atom stereocenters. The van der Waals surface area contributed by atoms with Crippen molar-refractivity contribution in [3.05, 3.63) is 70.0 Å². The average Bonchev–Trinajstić information content (AvgIpc) is 3.45. The Balaban J connectivity index is 0.000000161. The van der Waals surface area contributed by atoms with E-state index in [-0.39, 0.29) is 22.3 Å². The lowest BCUT2D eigenvalue weighted by atomic mass is 10.1. The Morgan fingerprint density at radius 3 is 1.77 bits per heavy atom. The highest BCUT2D eigenvalue weighted by atomic mass is 32.2. The van der Waals surface area contributed by atoms with Crippen LogP contribution in [0.5, 0.6) is 5.88 Å². The number of carbonyl (C=O) groups is 4. The van der Waals surface area contributed by atoms with Gasteiger partial charge in [-0.15, -0.1) is 0 Å². The molecule has 2 aromatic heterocycles. The van der Waals surface area contributed by atoms with Crippen molar-refractivity contribution >= 4 is 85.6 Å². The van der Waals surface area contributed by atoms with Crippen LogP contribution in [-0.2, 0) is 9.59 Å². The van der Waals surface area contributed by atoms with Crippen LogP contribution in [0.4, 0.5) is 15.4 Å². The maximum atomic E-state index is 11.5. The van der Waals surface area contributed by atoms with Gasteiger partial charge in [0.25, 0.3) is 22.3 Å². The molecule has 0 unspecified atom stereocenters. The molecule has 14 heteroatoms. The fourth-order valence-corrected chi connectivity index (χ4v) is 5.18. The van der Waals surface area contributed by atoms with E-state index in [1.807, 2.05) is 36.4 Å². The number of nitrogens with zero attached hydrogens (tertiary/aromatic N) is 4. The Hall–Kier alpha value is -4.82. The highest BCUT2D eigenvalue weighted by Crippen LogP contribution is 2.29. The molecule has 0 radical (unpaired) electrons. The van der Waals surface area contributed by atoms with Crippen LogP contribution in [0.25, 0.3) is 34.0 Å². The van der Waals surface area contributed by atoms with Crippen molar-refractivity contribution < 1.29 is 23.9 Å². The number of rotatable bonds is 4. The van der Waals surface area contributed by atoms with Crippen molar-refractivity contribution in [2.24, 2.45) is 0 Å². The number of methoxy groups -OCH3 is 1. The number of hydrogen-bond donors (Lipinski definition) is 3. The molecule has 3 N–H and O–H groups in total. The van der Waals surface area contributed by atoms with Gasteiger partial charge in [-0.05, 0) is 71.1 Å². The predicted molar refractivity (Wildman–Crippen MR) is 153 cm³/mol. The predicted octanol–water partition coefficient (Wildman–Crippen LogP) is 3.96. The third kappa shape index (κ3) is 5.77. The lowest BCUT2D eigenvalue weighted by Gasteiger charge is -2.04. The summed E-state index contributed by atoms with van der Waals surface area (Å²) in [7, 11) is 3.32. The number of benzene rings is 2. The topological polar surface area (TPSA) is 165 Å². The van der Waals surface area contributed by atoms with Gasteiger partial charge in [0.1, 0.15) is 18.5 Å². The van der Waals surface area contributed by atoms with E-state index in [9.17, 15) is 19.2 Å². The summed E-state index contributed by atoms with van der Waals surface area (Å²) in [4.78, 5) is 62.5. The fourth-order valence-electron chi connectivity index (χ4n) is 3.81. The quantitative estimate of drug-likeness (QED) is 0.301. The first-order chi connectivity index (χ1) is 19.3. The summed E-state index contributed by atoms with van der Waals surface area (Å²) in [6.45, 7) is 0. The molecule has 2 fully saturated rings. The standard InChI is InChI=1S/C13H10N4O2S.C13H9N3O3S/c1-14-11-8-4-7(2-3-9(8)15-6-16-11)5-10-12(18)17-13(19)20-10;1-19-12-8-4-7(2-3-9(8)14-6-15-12)5-10-11(17)16-13(18)20-10/h2-6H,1H3,(H,14,15,16)(H,17,18,19);2-6H,1H3,(H,16,17,18). The van der Waals surface area contributed by atoms with Gasteiger partial charge < -0.3 is 10.1 Å². The molecule has 12 nitrogen and oxygen atoms in total. The number of carbonyl (C=O) groups excluding carboxylic acids is 4. The molecule has 2 saturated heterocycles. The zero-order valence-corrected chi connectivity index (χ0v) is 22.6. The van der Waals surface area contributed by atoms with Gasteiger partial charge in [-0.1, -0.05) is 12.1 Å². The number of ether oxygens (including phenoxy) is 1. The fraction of sp³-hybridized carbons (Fsp3) is 0.0769. The Labute approximate surface area is 235 Å². The van der Waals surface area contributed by atoms with E-state index in [2.05, 4.69) is 35.9 Å². The number of fused-ring (bicyclic) bond motifs is 2. The molecule has 4 aromatic rings. The van der Waals surface area contributed by atoms with E-state index in [1.54, 1.807) is 19.2 Å². The monoisotopic (exact) mass is 573 g/mol. The summed E-state index contributed by atoms with van der Waals surface area (Å²) in [5.74, 6) is 0.444. The van der Waals surface area contributed by atoms with Gasteiger partial charge in [-0.2, -0.15) is 0 Å². The molecule has 2 aliphatic heterocycles. The van der Waals surface area contributed by atoms with E-state index in [1.165, 1.54) is 19.8 Å². The molecule has 200 valence electrons. The highest BCUT2D eigenvalue weighted by Gasteiger charge is 2.25. The number of nitrogens with one attached hydrogen (secondary N) is 3. The van der Waals surface area contributed by atoms with Crippen LogP contribution in [0.2, 0.25) is 0 Å². The molecule has 0 saturated carbocycles. The van der Waals surface area contributed by atoms with Gasteiger partial charge in [0, 0.05) is 12.4 Å². The molecule has 2 aromatic carbocycles. The van der Waals surface area contributed by atoms with Crippen LogP contribution in [0, 0.1) is 0 Å². The summed E-state index contributed by atoms with van der Waals surface area (Å²) in [5.41, 5.74) is 3.15. The Kier molecular flexibility index (Phi) is 7.70. The smallest absolute Gasteiger partial charge is 0.290 e. The van der Waals surface area contributed by atoms with Gasteiger partial charge in [0.2, 0.25) is 5.88 Å². The molecule has 0 bridgehead atoms. The number of hydrogen-bond acceptors (Lipinski definition) is 12. The largest absolute Gasteiger partial charge is 0.480 e. The van der Waals surface area contributed by atoms with Crippen LogP contribution in [-0.4, -0.2) is 56.4 Å². The Bertz CT molecular complexity index is 1640. The SMILES string of the molecule is CNc1ncnc2ccc(C=C3SC(=O)NC3=O)cc12.COc1ncnc2ccc(C=C3SC(=O)NC3=O)cc12. The molecule has 2 aliphatic rings. The second-order valence-corrected chi connectivity index (χ2v) is 10.1. The van der Waals surface area contributed by atoms with Crippen LogP contribution < -0.4 is 20.7 Å². The third-order valence-electron chi connectivity index (χ3n) is 5.59. The first-order valence-electron chi connectivity index (χ1n) is 11.6. The van der Waals surface area contributed by atoms with Crippen molar-refractivity contribution in [3.63, 3.8) is 0 Å². The minimum atomic E-state index is -0.378. The molecular weight excluding hydrogens is 554 g/mol. The van der Waals surface area contributed by atoms with Gasteiger partial charge in [0.05, 0.1) is 33.3 Å². The van der Waals surface area contributed by atoms with Crippen molar-refractivity contribution in [2.75, 3.05) is 19.5 Å². The molecule has 0 spiro atoms. The summed E-state index contributed by atoms with van der Waals surface area (Å²) < 4.78 is 5.18. The summed E-state index contributed by atoms with van der Waals surface area (Å²) in [6.07, 6.45) is 6.25. The molecule has 0 aliphatic carbocycles. The van der Waals surface area contributed by atoms with Crippen molar-refractivity contribution in [3.8, 4) is 5.88 Å². The molecule has 40 heavy (non-hydrogen) atoms. The minimum absolute atomic E-state index is 0.346. The number of anilines is 1. The number of aromatic nitrogens is 4. The average molecular weight is 574 g/mol. The molecule has 4 amide bonds. The highest BCUT2D eigenvalue weighted by molar-refractivity contribution is 8.18. The molecule has 6 rings (SSSR count). The van der Waals surface area contributed by atoms with E-state index < -0.39 is 0 Å². The third-order valence-corrected chi connectivity index (χ3v) is 7.21. The summed E-state index contributed by atoms with van der Waals surface area (Å²) in [5, 5.41) is 8.34. The first-order valence-corrected chi connectivity index (χ1v) is 13.2. The molecular formula is C26H19N7O5S2. The van der Waals surface area contributed by atoms with Crippen molar-refractivity contribution in [2.45, 2.75) is 0 Å². The lowest BCUT2D eigenvalue weighted by molar-refractivity contribution is -0.116. The zero-order valence-electron chi connectivity index (χ0n) is 20.9. The van der Waals surface area contributed by atoms with Gasteiger partial charge in [-0.25, -0.2) is 19.9 Å². The maximum absolute atomic E-state index is 11.5. The van der Waals surface area contributed by atoms with Gasteiger partial charge in [0.15, 0.2) is 0 Å². The van der Waals surface area contributed by atoms with E-state index >= 15 is 0 Å². The Morgan fingerprint density at radius 1 is 0.750 bits per heavy atom. The van der Waals surface area contributed by atoms with Crippen LogP contribution in [0.3, 0.4) is 0 Å². The molecule has 4 heterocycles. The lowest BCUT2D eigenvalue weighted by Crippen LogP contribution is -2.17. The van der Waals surface area contributed by atoms with Gasteiger partial charge in [-0.3, -0.25) is 29.8 Å². The second kappa shape index (κ2) is 11.5. The summed E-state index contributed by atoms with van der Waals surface area (Å²) in [6, 6.07) is 11.0. The van der Waals surface area contributed by atoms with Gasteiger partial charge >= 0.3 is 0 Å².